The van der Waals surface area contributed by atoms with Crippen molar-refractivity contribution in [1.82, 2.24) is 5.32 Å². The summed E-state index contributed by atoms with van der Waals surface area (Å²) in [6.45, 7) is 4.00. The number of benzene rings is 2. The van der Waals surface area contributed by atoms with Crippen LogP contribution < -0.4 is 15.4 Å². The Morgan fingerprint density at radius 2 is 2.00 bits per heavy atom. The van der Waals surface area contributed by atoms with Crippen molar-refractivity contribution in [3.63, 3.8) is 0 Å². The van der Waals surface area contributed by atoms with Gasteiger partial charge in [-0.05, 0) is 42.7 Å². The van der Waals surface area contributed by atoms with Crippen LogP contribution in [0.25, 0.3) is 0 Å². The summed E-state index contributed by atoms with van der Waals surface area (Å²) in [5, 5.41) is 6.41. The van der Waals surface area contributed by atoms with Gasteiger partial charge >= 0.3 is 6.03 Å². The van der Waals surface area contributed by atoms with E-state index < -0.39 is 0 Å². The Hall–Kier alpha value is -1.91. The molecule has 0 fully saturated rings. The van der Waals surface area contributed by atoms with E-state index in [0.29, 0.717) is 15.8 Å². The standard InChI is InChI=1S/C17H18Cl2N2O2/c1-3-12-6-4-5-11(2)16(12)21-17(22)20-10-23-15-8-7-13(18)9-14(15)19/h4-9H,3,10H2,1-2H3,(H2,20,21,22). The lowest BCUT2D eigenvalue weighted by molar-refractivity contribution is 0.234. The first-order valence-corrected chi connectivity index (χ1v) is 7.98. The summed E-state index contributed by atoms with van der Waals surface area (Å²) in [5.41, 5.74) is 2.93. The average molecular weight is 353 g/mol. The van der Waals surface area contributed by atoms with E-state index in [0.717, 1.165) is 23.2 Å². The van der Waals surface area contributed by atoms with Crippen molar-refractivity contribution >= 4 is 34.9 Å². The zero-order valence-corrected chi connectivity index (χ0v) is 14.5. The van der Waals surface area contributed by atoms with Gasteiger partial charge in [-0.3, -0.25) is 0 Å². The van der Waals surface area contributed by atoms with Gasteiger partial charge in [0.05, 0.1) is 5.02 Å². The average Bonchev–Trinajstić information content (AvgIpc) is 2.51. The summed E-state index contributed by atoms with van der Waals surface area (Å²) in [5.74, 6) is 0.460. The highest BCUT2D eigenvalue weighted by molar-refractivity contribution is 6.35. The number of hydrogen-bond acceptors (Lipinski definition) is 2. The van der Waals surface area contributed by atoms with Crippen molar-refractivity contribution < 1.29 is 9.53 Å². The highest BCUT2D eigenvalue weighted by atomic mass is 35.5. The molecule has 0 radical (unpaired) electrons. The summed E-state index contributed by atoms with van der Waals surface area (Å²) in [6, 6.07) is 10.5. The first-order valence-electron chi connectivity index (χ1n) is 7.22. The predicted octanol–water partition coefficient (Wildman–Crippen LogP) is 5.02. The van der Waals surface area contributed by atoms with E-state index in [2.05, 4.69) is 10.6 Å². The second-order valence-corrected chi connectivity index (χ2v) is 5.80. The number of para-hydroxylation sites is 1. The first-order chi connectivity index (χ1) is 11.0. The number of aryl methyl sites for hydroxylation is 2. The van der Waals surface area contributed by atoms with E-state index in [1.807, 2.05) is 32.0 Å². The molecule has 2 aromatic carbocycles. The summed E-state index contributed by atoms with van der Waals surface area (Å²) in [4.78, 5) is 12.0. The van der Waals surface area contributed by atoms with Crippen LogP contribution in [0.1, 0.15) is 18.1 Å². The van der Waals surface area contributed by atoms with Crippen molar-refractivity contribution in [2.45, 2.75) is 20.3 Å². The van der Waals surface area contributed by atoms with Gasteiger partial charge in [-0.25, -0.2) is 4.79 Å². The second-order valence-electron chi connectivity index (χ2n) is 4.96. The molecule has 0 saturated carbocycles. The molecule has 23 heavy (non-hydrogen) atoms. The summed E-state index contributed by atoms with van der Waals surface area (Å²) < 4.78 is 5.42. The van der Waals surface area contributed by atoms with Crippen molar-refractivity contribution in [1.29, 1.82) is 0 Å². The molecule has 0 aliphatic carbocycles. The minimum Gasteiger partial charge on any atom is -0.472 e. The van der Waals surface area contributed by atoms with Gasteiger partial charge in [-0.1, -0.05) is 48.3 Å². The normalized spacial score (nSPS) is 10.3. The molecule has 0 saturated heterocycles. The van der Waals surface area contributed by atoms with Gasteiger partial charge in [0.25, 0.3) is 0 Å². The molecule has 0 unspecified atom stereocenters. The van der Waals surface area contributed by atoms with Crippen LogP contribution in [0.2, 0.25) is 10.0 Å². The van der Waals surface area contributed by atoms with Gasteiger partial charge in [0.15, 0.2) is 6.73 Å². The zero-order chi connectivity index (χ0) is 16.8. The molecule has 4 nitrogen and oxygen atoms in total. The van der Waals surface area contributed by atoms with Gasteiger partial charge < -0.3 is 15.4 Å². The Kier molecular flexibility index (Phi) is 6.13. The smallest absolute Gasteiger partial charge is 0.321 e. The quantitative estimate of drug-likeness (QED) is 0.742. The van der Waals surface area contributed by atoms with Crippen LogP contribution in [0.3, 0.4) is 0 Å². The maximum absolute atomic E-state index is 12.0. The van der Waals surface area contributed by atoms with E-state index in [9.17, 15) is 4.79 Å². The fraction of sp³-hybridized carbons (Fsp3) is 0.235. The molecule has 122 valence electrons. The SMILES string of the molecule is CCc1cccc(C)c1NC(=O)NCOc1ccc(Cl)cc1Cl. The number of nitrogens with one attached hydrogen (secondary N) is 2. The number of anilines is 1. The van der Waals surface area contributed by atoms with E-state index in [4.69, 9.17) is 27.9 Å². The fourth-order valence-electron chi connectivity index (χ4n) is 2.13. The molecule has 0 aromatic heterocycles. The Labute approximate surface area is 145 Å². The number of amides is 2. The first kappa shape index (κ1) is 17.4. The van der Waals surface area contributed by atoms with Crippen LogP contribution in [0.15, 0.2) is 36.4 Å². The highest BCUT2D eigenvalue weighted by Crippen LogP contribution is 2.27. The second kappa shape index (κ2) is 8.09. The molecular weight excluding hydrogens is 335 g/mol. The number of ether oxygens (including phenoxy) is 1. The van der Waals surface area contributed by atoms with Crippen molar-refractivity contribution in [2.75, 3.05) is 12.0 Å². The van der Waals surface area contributed by atoms with Gasteiger partial charge in [-0.2, -0.15) is 0 Å². The number of carbonyl (C=O) groups is 1. The highest BCUT2D eigenvalue weighted by Gasteiger charge is 2.08. The minimum absolute atomic E-state index is 0.000521. The van der Waals surface area contributed by atoms with Crippen LogP contribution in [-0.4, -0.2) is 12.8 Å². The van der Waals surface area contributed by atoms with Gasteiger partial charge in [-0.15, -0.1) is 0 Å². The van der Waals surface area contributed by atoms with E-state index in [1.165, 1.54) is 0 Å². The number of hydrogen-bond donors (Lipinski definition) is 2. The molecule has 2 rings (SSSR count). The minimum atomic E-state index is -0.334. The van der Waals surface area contributed by atoms with Crippen LogP contribution in [0.4, 0.5) is 10.5 Å². The number of carbonyl (C=O) groups excluding carboxylic acids is 1. The van der Waals surface area contributed by atoms with E-state index in [-0.39, 0.29) is 12.8 Å². The van der Waals surface area contributed by atoms with Gasteiger partial charge in [0.1, 0.15) is 5.75 Å². The molecule has 2 amide bonds. The Bertz CT molecular complexity index is 705. The monoisotopic (exact) mass is 352 g/mol. The number of urea groups is 1. The number of halogens is 2. The van der Waals surface area contributed by atoms with Crippen LogP contribution in [-0.2, 0) is 6.42 Å². The third-order valence-electron chi connectivity index (χ3n) is 3.33. The molecular formula is C17H18Cl2N2O2. The molecule has 2 aromatic rings. The van der Waals surface area contributed by atoms with Crippen LogP contribution in [0, 0.1) is 6.92 Å². The van der Waals surface area contributed by atoms with Crippen LogP contribution >= 0.6 is 23.2 Å². The Morgan fingerprint density at radius 1 is 1.22 bits per heavy atom. The topological polar surface area (TPSA) is 50.4 Å². The maximum atomic E-state index is 12.0. The lowest BCUT2D eigenvalue weighted by Gasteiger charge is -2.14. The van der Waals surface area contributed by atoms with Crippen molar-refractivity contribution in [3.05, 3.63) is 57.6 Å². The summed E-state index contributed by atoms with van der Waals surface area (Å²) in [6.07, 6.45) is 0.841. The fourth-order valence-corrected chi connectivity index (χ4v) is 2.59. The lowest BCUT2D eigenvalue weighted by Crippen LogP contribution is -2.32. The molecule has 6 heteroatoms. The Morgan fingerprint density at radius 3 is 2.70 bits per heavy atom. The number of rotatable bonds is 5. The largest absolute Gasteiger partial charge is 0.472 e. The zero-order valence-electron chi connectivity index (χ0n) is 13.0. The predicted molar refractivity (Wildman–Crippen MR) is 94.7 cm³/mol. The summed E-state index contributed by atoms with van der Waals surface area (Å²) in [7, 11) is 0. The third kappa shape index (κ3) is 4.78. The molecule has 0 spiro atoms. The molecule has 2 N–H and O–H groups in total. The van der Waals surface area contributed by atoms with Gasteiger partial charge in [0, 0.05) is 10.7 Å². The van der Waals surface area contributed by atoms with Gasteiger partial charge in [0.2, 0.25) is 0 Å². The third-order valence-corrected chi connectivity index (χ3v) is 3.86. The van der Waals surface area contributed by atoms with Crippen molar-refractivity contribution in [3.8, 4) is 5.75 Å². The molecule has 0 atom stereocenters. The van der Waals surface area contributed by atoms with E-state index in [1.54, 1.807) is 18.2 Å². The molecule has 0 bridgehead atoms. The summed E-state index contributed by atoms with van der Waals surface area (Å²) >= 11 is 11.8. The molecule has 0 aliphatic rings. The molecule has 0 aliphatic heterocycles. The lowest BCUT2D eigenvalue weighted by atomic mass is 10.1. The molecule has 0 heterocycles. The van der Waals surface area contributed by atoms with Crippen LogP contribution in [0.5, 0.6) is 5.75 Å². The van der Waals surface area contributed by atoms with E-state index >= 15 is 0 Å². The van der Waals surface area contributed by atoms with Crippen molar-refractivity contribution in [2.24, 2.45) is 0 Å². The maximum Gasteiger partial charge on any atom is 0.321 e. The Balaban J connectivity index is 1.91.